The molecule has 0 bridgehead atoms. The predicted octanol–water partition coefficient (Wildman–Crippen LogP) is 5.98. The molecule has 0 aliphatic rings. The number of nitrogens with one attached hydrogen (secondary N) is 1. The largest absolute Gasteiger partial charge is 0.482 e. The number of non-ortho nitro benzene ring substituents is 1. The van der Waals surface area contributed by atoms with E-state index in [1.807, 2.05) is 19.1 Å². The van der Waals surface area contributed by atoms with Crippen molar-refractivity contribution in [2.45, 2.75) is 32.8 Å². The van der Waals surface area contributed by atoms with Gasteiger partial charge in [0, 0.05) is 17.7 Å². The van der Waals surface area contributed by atoms with Gasteiger partial charge < -0.3 is 14.8 Å². The molecule has 3 aromatic carbocycles. The third-order valence-electron chi connectivity index (χ3n) is 5.23. The number of halogens is 1. The molecule has 0 saturated carbocycles. The molecule has 1 N–H and O–H groups in total. The normalized spacial score (nSPS) is 11.6. The maximum absolute atomic E-state index is 13.0. The minimum absolute atomic E-state index is 0.0192. The van der Waals surface area contributed by atoms with Crippen molar-refractivity contribution in [2.24, 2.45) is 0 Å². The summed E-state index contributed by atoms with van der Waals surface area (Å²) in [6.45, 7) is 5.77. The van der Waals surface area contributed by atoms with Gasteiger partial charge in [-0.3, -0.25) is 14.9 Å². The molecule has 0 spiro atoms. The van der Waals surface area contributed by atoms with Gasteiger partial charge in [0.1, 0.15) is 5.75 Å². The van der Waals surface area contributed by atoms with Crippen LogP contribution in [0, 0.1) is 17.0 Å². The Morgan fingerprint density at radius 2 is 1.77 bits per heavy atom. The van der Waals surface area contributed by atoms with E-state index in [0.717, 1.165) is 11.6 Å². The second kappa shape index (κ2) is 11.5. The molecule has 182 valence electrons. The van der Waals surface area contributed by atoms with Crippen LogP contribution in [0.1, 0.15) is 42.6 Å². The zero-order valence-corrected chi connectivity index (χ0v) is 20.2. The Morgan fingerprint density at radius 3 is 2.37 bits per heavy atom. The van der Waals surface area contributed by atoms with Gasteiger partial charge in [-0.15, -0.1) is 0 Å². The molecular formula is C26H25ClN2O6. The number of carbonyl (C=O) groups is 2. The first-order valence-corrected chi connectivity index (χ1v) is 11.3. The summed E-state index contributed by atoms with van der Waals surface area (Å²) in [6, 6.07) is 17.7. The number of rotatable bonds is 9. The van der Waals surface area contributed by atoms with E-state index in [-0.39, 0.29) is 16.4 Å². The van der Waals surface area contributed by atoms with Crippen LogP contribution in [0.5, 0.6) is 5.75 Å². The van der Waals surface area contributed by atoms with Crippen LogP contribution >= 0.6 is 11.6 Å². The molecule has 8 nitrogen and oxygen atoms in total. The van der Waals surface area contributed by atoms with Crippen LogP contribution in [0.25, 0.3) is 0 Å². The molecule has 0 heterocycles. The monoisotopic (exact) mass is 496 g/mol. The van der Waals surface area contributed by atoms with Gasteiger partial charge in [0.05, 0.1) is 15.6 Å². The number of esters is 1. The lowest BCUT2D eigenvalue weighted by Crippen LogP contribution is -2.28. The Balaban J connectivity index is 1.72. The van der Waals surface area contributed by atoms with Gasteiger partial charge >= 0.3 is 5.97 Å². The van der Waals surface area contributed by atoms with Crippen LogP contribution < -0.4 is 10.1 Å². The summed E-state index contributed by atoms with van der Waals surface area (Å²) in [7, 11) is 0. The van der Waals surface area contributed by atoms with Crippen LogP contribution in [0.2, 0.25) is 5.02 Å². The summed E-state index contributed by atoms with van der Waals surface area (Å²) < 4.78 is 11.0. The average molecular weight is 497 g/mol. The Kier molecular flexibility index (Phi) is 8.43. The third-order valence-corrected chi connectivity index (χ3v) is 5.54. The lowest BCUT2D eigenvalue weighted by atomic mass is 9.98. The van der Waals surface area contributed by atoms with Gasteiger partial charge in [-0.2, -0.15) is 0 Å². The number of hydrogen-bond donors (Lipinski definition) is 1. The number of anilines is 1. The number of carbonyl (C=O) groups excluding carboxylic acids is 2. The molecule has 35 heavy (non-hydrogen) atoms. The van der Waals surface area contributed by atoms with Crippen molar-refractivity contribution in [1.29, 1.82) is 0 Å². The number of nitro groups is 1. The van der Waals surface area contributed by atoms with E-state index < -0.39 is 29.5 Å². The van der Waals surface area contributed by atoms with Gasteiger partial charge in [-0.1, -0.05) is 61.8 Å². The van der Waals surface area contributed by atoms with E-state index in [0.29, 0.717) is 17.2 Å². The summed E-state index contributed by atoms with van der Waals surface area (Å²) >= 11 is 6.09. The van der Waals surface area contributed by atoms with E-state index in [4.69, 9.17) is 21.1 Å². The molecule has 1 amide bonds. The maximum Gasteiger partial charge on any atom is 0.345 e. The zero-order valence-electron chi connectivity index (χ0n) is 19.5. The lowest BCUT2D eigenvalue weighted by Gasteiger charge is -2.19. The molecule has 3 rings (SSSR count). The van der Waals surface area contributed by atoms with E-state index in [2.05, 4.69) is 19.2 Å². The standard InChI is InChI=1S/C26H25ClN2O6/c1-16(2)21-11-10-20(13-17(21)3)34-15-24(30)35-25(18-7-5-4-6-8-18)26(31)28-23-12-9-19(29(32)33)14-22(23)27/h4-14,16,25H,15H2,1-3H3,(H,28,31). The molecule has 0 radical (unpaired) electrons. The molecule has 0 fully saturated rings. The molecule has 0 saturated heterocycles. The Bertz CT molecular complexity index is 1230. The fraction of sp³-hybridized carbons (Fsp3) is 0.231. The number of aryl methyl sites for hydroxylation is 1. The van der Waals surface area contributed by atoms with Gasteiger partial charge in [0.15, 0.2) is 6.61 Å². The van der Waals surface area contributed by atoms with Crippen LogP contribution in [-0.4, -0.2) is 23.4 Å². The fourth-order valence-electron chi connectivity index (χ4n) is 3.51. The SMILES string of the molecule is Cc1cc(OCC(=O)OC(C(=O)Nc2ccc([N+](=O)[O-])cc2Cl)c2ccccc2)ccc1C(C)C. The average Bonchev–Trinajstić information content (AvgIpc) is 2.82. The quantitative estimate of drug-likeness (QED) is 0.222. The maximum atomic E-state index is 13.0. The van der Waals surface area contributed by atoms with Crippen LogP contribution in [0.3, 0.4) is 0 Å². The van der Waals surface area contributed by atoms with Crippen LogP contribution in [0.15, 0.2) is 66.7 Å². The Labute approximate surface area is 208 Å². The summed E-state index contributed by atoms with van der Waals surface area (Å²) in [6.07, 6.45) is -1.29. The number of nitrogens with zero attached hydrogens (tertiary/aromatic N) is 1. The first-order valence-electron chi connectivity index (χ1n) is 10.9. The Morgan fingerprint density at radius 1 is 1.06 bits per heavy atom. The van der Waals surface area contributed by atoms with Crippen LogP contribution in [-0.2, 0) is 14.3 Å². The molecule has 0 aromatic heterocycles. The number of nitro benzene ring substituents is 1. The van der Waals surface area contributed by atoms with Crippen molar-refractivity contribution in [3.8, 4) is 5.75 Å². The van der Waals surface area contributed by atoms with Crippen molar-refractivity contribution >= 4 is 34.9 Å². The number of benzene rings is 3. The number of hydrogen-bond acceptors (Lipinski definition) is 6. The summed E-state index contributed by atoms with van der Waals surface area (Å²) in [4.78, 5) is 35.9. The minimum Gasteiger partial charge on any atom is -0.482 e. The summed E-state index contributed by atoms with van der Waals surface area (Å²) in [5, 5.41) is 13.5. The summed E-state index contributed by atoms with van der Waals surface area (Å²) in [5.74, 6) is -0.530. The highest BCUT2D eigenvalue weighted by Gasteiger charge is 2.26. The number of ether oxygens (including phenoxy) is 2. The molecule has 1 unspecified atom stereocenters. The first kappa shape index (κ1) is 25.7. The predicted molar refractivity (Wildman–Crippen MR) is 133 cm³/mol. The first-order chi connectivity index (χ1) is 16.7. The van der Waals surface area contributed by atoms with E-state index in [1.165, 1.54) is 17.7 Å². The van der Waals surface area contributed by atoms with Gasteiger partial charge in [-0.05, 0) is 42.2 Å². The van der Waals surface area contributed by atoms with E-state index >= 15 is 0 Å². The highest BCUT2D eigenvalue weighted by Crippen LogP contribution is 2.29. The fourth-order valence-corrected chi connectivity index (χ4v) is 3.73. The second-order valence-electron chi connectivity index (χ2n) is 8.15. The smallest absolute Gasteiger partial charge is 0.345 e. The topological polar surface area (TPSA) is 108 Å². The van der Waals surface area contributed by atoms with Gasteiger partial charge in [-0.25, -0.2) is 4.79 Å². The van der Waals surface area contributed by atoms with Gasteiger partial charge in [0.2, 0.25) is 6.10 Å². The van der Waals surface area contributed by atoms with Crippen molar-refractivity contribution < 1.29 is 24.0 Å². The molecule has 0 aliphatic heterocycles. The Hall–Kier alpha value is -3.91. The molecular weight excluding hydrogens is 472 g/mol. The van der Waals surface area contributed by atoms with Crippen molar-refractivity contribution in [3.63, 3.8) is 0 Å². The molecule has 9 heteroatoms. The second-order valence-corrected chi connectivity index (χ2v) is 8.56. The minimum atomic E-state index is -1.29. The third kappa shape index (κ3) is 6.80. The van der Waals surface area contributed by atoms with Gasteiger partial charge in [0.25, 0.3) is 11.6 Å². The zero-order chi connectivity index (χ0) is 25.5. The highest BCUT2D eigenvalue weighted by atomic mass is 35.5. The van der Waals surface area contributed by atoms with Crippen molar-refractivity contribution in [2.75, 3.05) is 11.9 Å². The lowest BCUT2D eigenvalue weighted by molar-refractivity contribution is -0.384. The number of amides is 1. The van der Waals surface area contributed by atoms with Crippen molar-refractivity contribution in [3.05, 3.63) is 98.6 Å². The van der Waals surface area contributed by atoms with Crippen LogP contribution in [0.4, 0.5) is 11.4 Å². The van der Waals surface area contributed by atoms with Crippen molar-refractivity contribution in [1.82, 2.24) is 0 Å². The molecule has 1 atom stereocenters. The highest BCUT2D eigenvalue weighted by molar-refractivity contribution is 6.34. The van der Waals surface area contributed by atoms with E-state index in [9.17, 15) is 19.7 Å². The summed E-state index contributed by atoms with van der Waals surface area (Å²) in [5.41, 5.74) is 2.61. The van der Waals surface area contributed by atoms with E-state index in [1.54, 1.807) is 36.4 Å². The molecule has 0 aliphatic carbocycles. The molecule has 3 aromatic rings.